The largest absolute Gasteiger partial charge is 0.573 e. The van der Waals surface area contributed by atoms with E-state index in [0.29, 0.717) is 6.67 Å². The third-order valence-electron chi connectivity index (χ3n) is 4.33. The lowest BCUT2D eigenvalue weighted by Gasteiger charge is -2.29. The predicted octanol–water partition coefficient (Wildman–Crippen LogP) is 4.04. The minimum atomic E-state index is -4.67. The van der Waals surface area contributed by atoms with Crippen LogP contribution >= 0.6 is 0 Å². The number of hydrogen-bond acceptors (Lipinski definition) is 4. The topological polar surface area (TPSA) is 28.6 Å². The van der Waals surface area contributed by atoms with E-state index in [1.54, 1.807) is 24.5 Å². The second kappa shape index (κ2) is 6.55. The summed E-state index contributed by atoms with van der Waals surface area (Å²) in [4.78, 5) is 8.52. The fourth-order valence-corrected chi connectivity index (χ4v) is 3.02. The van der Waals surface area contributed by atoms with Gasteiger partial charge in [-0.1, -0.05) is 0 Å². The summed E-state index contributed by atoms with van der Waals surface area (Å²) in [6.07, 6.45) is -1.12. The minimum absolute atomic E-state index is 0.0512. The average Bonchev–Trinajstić information content (AvgIpc) is 2.82. The van der Waals surface area contributed by atoms with Crippen LogP contribution in [-0.2, 0) is 6.54 Å². The smallest absolute Gasteiger partial charge is 0.406 e. The molecular weight excluding hydrogens is 331 g/mol. The van der Waals surface area contributed by atoms with Gasteiger partial charge in [-0.15, -0.1) is 13.2 Å². The zero-order chi connectivity index (χ0) is 18.1. The summed E-state index contributed by atoms with van der Waals surface area (Å²) in [6.45, 7) is 6.61. The lowest BCUT2D eigenvalue weighted by atomic mass is 10.0. The summed E-state index contributed by atoms with van der Waals surface area (Å²) < 4.78 is 40.7. The summed E-state index contributed by atoms with van der Waals surface area (Å²) in [7, 11) is 0. The molecule has 2 heterocycles. The van der Waals surface area contributed by atoms with Gasteiger partial charge in [0, 0.05) is 36.7 Å². The quantitative estimate of drug-likeness (QED) is 0.831. The normalized spacial score (nSPS) is 17.7. The van der Waals surface area contributed by atoms with E-state index in [1.807, 2.05) is 12.1 Å². The maximum atomic E-state index is 12.3. The lowest BCUT2D eigenvalue weighted by Crippen LogP contribution is -2.39. The van der Waals surface area contributed by atoms with Crippen molar-refractivity contribution in [2.24, 2.45) is 0 Å². The molecule has 1 aromatic heterocycles. The molecule has 2 aromatic rings. The van der Waals surface area contributed by atoms with E-state index in [0.717, 1.165) is 18.8 Å². The van der Waals surface area contributed by atoms with E-state index in [-0.39, 0.29) is 11.3 Å². The number of alkyl halides is 3. The van der Waals surface area contributed by atoms with Gasteiger partial charge in [0.05, 0.1) is 6.67 Å². The number of halogens is 3. The zero-order valence-corrected chi connectivity index (χ0v) is 14.1. The summed E-state index contributed by atoms with van der Waals surface area (Å²) in [5.41, 5.74) is 2.00. The van der Waals surface area contributed by atoms with E-state index >= 15 is 0 Å². The molecule has 0 unspecified atom stereocenters. The molecule has 25 heavy (non-hydrogen) atoms. The predicted molar refractivity (Wildman–Crippen MR) is 89.2 cm³/mol. The Bertz CT molecular complexity index is 702. The van der Waals surface area contributed by atoms with Crippen molar-refractivity contribution in [1.82, 2.24) is 9.88 Å². The van der Waals surface area contributed by atoms with Crippen LogP contribution in [0.25, 0.3) is 0 Å². The number of aromatic nitrogens is 1. The second-order valence-corrected chi connectivity index (χ2v) is 6.75. The first-order valence-corrected chi connectivity index (χ1v) is 7.98. The maximum Gasteiger partial charge on any atom is 0.573 e. The summed E-state index contributed by atoms with van der Waals surface area (Å²) >= 11 is 0. The number of rotatable bonds is 4. The molecule has 0 spiro atoms. The average molecular weight is 351 g/mol. The maximum absolute atomic E-state index is 12.3. The van der Waals surface area contributed by atoms with Gasteiger partial charge in [-0.25, -0.2) is 0 Å². The molecule has 134 valence electrons. The molecule has 1 fully saturated rings. The van der Waals surface area contributed by atoms with E-state index in [4.69, 9.17) is 0 Å². The van der Waals surface area contributed by atoms with Gasteiger partial charge in [-0.3, -0.25) is 9.88 Å². The number of pyridine rings is 1. The van der Waals surface area contributed by atoms with Crippen molar-refractivity contribution in [3.63, 3.8) is 0 Å². The molecule has 0 aliphatic carbocycles. The van der Waals surface area contributed by atoms with E-state index in [9.17, 15) is 13.2 Å². The van der Waals surface area contributed by atoms with Crippen LogP contribution in [0.4, 0.5) is 18.9 Å². The van der Waals surface area contributed by atoms with Crippen molar-refractivity contribution in [1.29, 1.82) is 0 Å². The first-order chi connectivity index (χ1) is 11.7. The SMILES string of the molecule is CC1(C)CN(c2ccc(OC(F)(F)F)cc2)CN1Cc1ccncc1. The molecule has 0 atom stereocenters. The van der Waals surface area contributed by atoms with Crippen molar-refractivity contribution in [3.8, 4) is 5.75 Å². The monoisotopic (exact) mass is 351 g/mol. The van der Waals surface area contributed by atoms with Crippen LogP contribution in [0.1, 0.15) is 19.4 Å². The number of benzene rings is 1. The highest BCUT2D eigenvalue weighted by Gasteiger charge is 2.37. The molecule has 0 bridgehead atoms. The lowest BCUT2D eigenvalue weighted by molar-refractivity contribution is -0.274. The van der Waals surface area contributed by atoms with Crippen molar-refractivity contribution < 1.29 is 17.9 Å². The molecule has 1 aliphatic heterocycles. The molecule has 0 saturated carbocycles. The highest BCUT2D eigenvalue weighted by atomic mass is 19.4. The third kappa shape index (κ3) is 4.42. The fourth-order valence-electron chi connectivity index (χ4n) is 3.02. The highest BCUT2D eigenvalue weighted by Crippen LogP contribution is 2.31. The van der Waals surface area contributed by atoms with E-state index in [1.165, 1.54) is 17.7 Å². The Morgan fingerprint density at radius 2 is 1.72 bits per heavy atom. The number of hydrogen-bond donors (Lipinski definition) is 0. The molecule has 7 heteroatoms. The van der Waals surface area contributed by atoms with Crippen LogP contribution in [0.5, 0.6) is 5.75 Å². The van der Waals surface area contributed by atoms with Crippen molar-refractivity contribution in [3.05, 3.63) is 54.4 Å². The van der Waals surface area contributed by atoms with Crippen LogP contribution in [-0.4, -0.2) is 35.0 Å². The van der Waals surface area contributed by atoms with Gasteiger partial charge < -0.3 is 9.64 Å². The van der Waals surface area contributed by atoms with E-state index < -0.39 is 6.36 Å². The standard InChI is InChI=1S/C18H20F3N3O/c1-17(2)12-23(13-24(17)11-14-7-9-22-10-8-14)15-3-5-16(6-4-15)25-18(19,20)21/h3-10H,11-13H2,1-2H3. The van der Waals surface area contributed by atoms with Gasteiger partial charge in [0.1, 0.15) is 5.75 Å². The second-order valence-electron chi connectivity index (χ2n) is 6.75. The van der Waals surface area contributed by atoms with Crippen LogP contribution in [0.2, 0.25) is 0 Å². The Balaban J connectivity index is 1.70. The molecule has 0 radical (unpaired) electrons. The number of ether oxygens (including phenoxy) is 1. The summed E-state index contributed by atoms with van der Waals surface area (Å²) in [5.74, 6) is -0.205. The van der Waals surface area contributed by atoms with Gasteiger partial charge >= 0.3 is 6.36 Å². The molecule has 3 rings (SSSR count). The van der Waals surface area contributed by atoms with Crippen LogP contribution in [0.15, 0.2) is 48.8 Å². The van der Waals surface area contributed by atoms with Gasteiger partial charge in [-0.05, 0) is 55.8 Å². The fraction of sp³-hybridized carbons (Fsp3) is 0.389. The Kier molecular flexibility index (Phi) is 4.60. The molecular formula is C18H20F3N3O. The van der Waals surface area contributed by atoms with Crippen molar-refractivity contribution in [2.75, 3.05) is 18.1 Å². The van der Waals surface area contributed by atoms with Crippen LogP contribution in [0.3, 0.4) is 0 Å². The minimum Gasteiger partial charge on any atom is -0.406 e. The Hall–Kier alpha value is -2.28. The van der Waals surface area contributed by atoms with Crippen molar-refractivity contribution >= 4 is 5.69 Å². The third-order valence-corrected chi connectivity index (χ3v) is 4.33. The molecule has 0 N–H and O–H groups in total. The van der Waals surface area contributed by atoms with Gasteiger partial charge in [0.15, 0.2) is 0 Å². The zero-order valence-electron chi connectivity index (χ0n) is 14.1. The Morgan fingerprint density at radius 1 is 1.08 bits per heavy atom. The first kappa shape index (κ1) is 17.5. The van der Waals surface area contributed by atoms with Gasteiger partial charge in [-0.2, -0.15) is 0 Å². The molecule has 1 aliphatic rings. The Labute approximate surface area is 144 Å². The Morgan fingerprint density at radius 3 is 2.32 bits per heavy atom. The number of anilines is 1. The van der Waals surface area contributed by atoms with Crippen LogP contribution < -0.4 is 9.64 Å². The van der Waals surface area contributed by atoms with Gasteiger partial charge in [0.2, 0.25) is 0 Å². The van der Waals surface area contributed by atoms with Crippen molar-refractivity contribution in [2.45, 2.75) is 32.3 Å². The number of nitrogens with zero attached hydrogens (tertiary/aromatic N) is 3. The molecule has 0 amide bonds. The van der Waals surface area contributed by atoms with E-state index in [2.05, 4.69) is 33.4 Å². The summed E-state index contributed by atoms with van der Waals surface area (Å²) in [5, 5.41) is 0. The molecule has 1 saturated heterocycles. The highest BCUT2D eigenvalue weighted by molar-refractivity contribution is 5.50. The van der Waals surface area contributed by atoms with Gasteiger partial charge in [0.25, 0.3) is 0 Å². The summed E-state index contributed by atoms with van der Waals surface area (Å²) in [6, 6.07) is 9.99. The molecule has 4 nitrogen and oxygen atoms in total. The first-order valence-electron chi connectivity index (χ1n) is 7.98. The molecule has 1 aromatic carbocycles. The van der Waals surface area contributed by atoms with Crippen LogP contribution in [0, 0.1) is 0 Å².